The molecule has 0 bridgehead atoms. The van der Waals surface area contributed by atoms with E-state index in [0.717, 1.165) is 36.1 Å². The van der Waals surface area contributed by atoms with Crippen LogP contribution in [-0.4, -0.2) is 7.11 Å². The van der Waals surface area contributed by atoms with Crippen LogP contribution in [0.2, 0.25) is 0 Å². The summed E-state index contributed by atoms with van der Waals surface area (Å²) in [6.45, 7) is 2.12. The van der Waals surface area contributed by atoms with Gasteiger partial charge in [0, 0.05) is 5.56 Å². The highest BCUT2D eigenvalue weighted by atomic mass is 19.1. The molecule has 0 heterocycles. The van der Waals surface area contributed by atoms with Crippen LogP contribution in [0.3, 0.4) is 0 Å². The van der Waals surface area contributed by atoms with E-state index >= 15 is 0 Å². The largest absolute Gasteiger partial charge is 0.497 e. The summed E-state index contributed by atoms with van der Waals surface area (Å²) in [5, 5.41) is 0. The van der Waals surface area contributed by atoms with Gasteiger partial charge in [0.25, 0.3) is 0 Å². The minimum absolute atomic E-state index is 0.156. The Labute approximate surface area is 149 Å². The van der Waals surface area contributed by atoms with Gasteiger partial charge in [0.15, 0.2) is 0 Å². The lowest BCUT2D eigenvalue weighted by Gasteiger charge is -2.08. The molecule has 128 valence electrons. The highest BCUT2D eigenvalue weighted by Crippen LogP contribution is 2.25. The number of benzene rings is 3. The lowest BCUT2D eigenvalue weighted by molar-refractivity contribution is 0.414. The molecule has 0 saturated heterocycles. The number of aryl methyl sites for hydroxylation is 3. The molecule has 0 aliphatic rings. The molecule has 0 N–H and O–H groups in total. The first-order chi connectivity index (χ1) is 12.2. The van der Waals surface area contributed by atoms with Crippen molar-refractivity contribution in [1.82, 2.24) is 0 Å². The Balaban J connectivity index is 1.70. The number of rotatable bonds is 6. The van der Waals surface area contributed by atoms with Gasteiger partial charge in [0.2, 0.25) is 0 Å². The monoisotopic (exact) mass is 334 g/mol. The Morgan fingerprint density at radius 3 is 1.96 bits per heavy atom. The van der Waals surface area contributed by atoms with Gasteiger partial charge in [-0.2, -0.15) is 0 Å². The predicted octanol–water partition coefficient (Wildman–Crippen LogP) is 5.85. The van der Waals surface area contributed by atoms with Crippen LogP contribution in [0, 0.1) is 5.82 Å². The predicted molar refractivity (Wildman–Crippen MR) is 102 cm³/mol. The summed E-state index contributed by atoms with van der Waals surface area (Å²) in [5.74, 6) is 0.699. The number of ether oxygens (including phenoxy) is 1. The molecule has 2 heteroatoms. The summed E-state index contributed by atoms with van der Waals surface area (Å²) in [5.41, 5.74) is 5.09. The summed E-state index contributed by atoms with van der Waals surface area (Å²) in [6, 6.07) is 21.7. The van der Waals surface area contributed by atoms with Gasteiger partial charge in [-0.3, -0.25) is 0 Å². The summed E-state index contributed by atoms with van der Waals surface area (Å²) >= 11 is 0. The number of hydrogen-bond acceptors (Lipinski definition) is 1. The lowest BCUT2D eigenvalue weighted by Crippen LogP contribution is -1.94. The second-order valence-electron chi connectivity index (χ2n) is 6.21. The smallest absolute Gasteiger partial charge is 0.131 e. The molecule has 3 rings (SSSR count). The SMILES string of the molecule is CCc1ccc(-c2ccc(CCc3ccc(OC)cc3)cc2F)cc1. The van der Waals surface area contributed by atoms with Crippen LogP contribution in [0.25, 0.3) is 11.1 Å². The molecular formula is C23H23FO. The topological polar surface area (TPSA) is 9.23 Å². The average Bonchev–Trinajstić information content (AvgIpc) is 2.67. The first-order valence-corrected chi connectivity index (χ1v) is 8.70. The second-order valence-corrected chi connectivity index (χ2v) is 6.21. The van der Waals surface area contributed by atoms with E-state index in [-0.39, 0.29) is 5.82 Å². The molecule has 25 heavy (non-hydrogen) atoms. The fourth-order valence-corrected chi connectivity index (χ4v) is 2.95. The van der Waals surface area contributed by atoms with E-state index in [1.54, 1.807) is 13.2 Å². The zero-order valence-corrected chi connectivity index (χ0v) is 14.8. The van der Waals surface area contributed by atoms with Crippen LogP contribution in [-0.2, 0) is 19.3 Å². The third kappa shape index (κ3) is 4.27. The van der Waals surface area contributed by atoms with E-state index < -0.39 is 0 Å². The molecule has 0 fully saturated rings. The van der Waals surface area contributed by atoms with Crippen molar-refractivity contribution in [2.24, 2.45) is 0 Å². The Hall–Kier alpha value is -2.61. The molecule has 0 unspecified atom stereocenters. The third-order valence-corrected chi connectivity index (χ3v) is 4.57. The van der Waals surface area contributed by atoms with Gasteiger partial charge >= 0.3 is 0 Å². The van der Waals surface area contributed by atoms with Crippen molar-refractivity contribution in [3.63, 3.8) is 0 Å². The number of methoxy groups -OCH3 is 1. The standard InChI is InChI=1S/C23H23FO/c1-3-17-6-11-20(12-7-17)22-15-10-19(16-23(22)24)5-4-18-8-13-21(25-2)14-9-18/h6-16H,3-5H2,1-2H3. The molecule has 0 aliphatic heterocycles. The first-order valence-electron chi connectivity index (χ1n) is 8.70. The van der Waals surface area contributed by atoms with Crippen molar-refractivity contribution in [2.45, 2.75) is 26.2 Å². The van der Waals surface area contributed by atoms with Crippen LogP contribution in [0.4, 0.5) is 4.39 Å². The average molecular weight is 334 g/mol. The summed E-state index contributed by atoms with van der Waals surface area (Å²) < 4.78 is 19.7. The van der Waals surface area contributed by atoms with Crippen molar-refractivity contribution in [3.05, 3.63) is 89.2 Å². The molecule has 3 aromatic carbocycles. The lowest BCUT2D eigenvalue weighted by atomic mass is 9.98. The van der Waals surface area contributed by atoms with Crippen molar-refractivity contribution in [3.8, 4) is 16.9 Å². The molecule has 3 aromatic rings. The van der Waals surface area contributed by atoms with E-state index in [9.17, 15) is 4.39 Å². The Bertz CT molecular complexity index is 820. The molecule has 0 aliphatic carbocycles. The van der Waals surface area contributed by atoms with E-state index in [1.807, 2.05) is 36.4 Å². The van der Waals surface area contributed by atoms with Gasteiger partial charge < -0.3 is 4.74 Å². The van der Waals surface area contributed by atoms with Crippen LogP contribution < -0.4 is 4.74 Å². The van der Waals surface area contributed by atoms with Crippen LogP contribution in [0.5, 0.6) is 5.75 Å². The molecule has 0 amide bonds. The van der Waals surface area contributed by atoms with Gasteiger partial charge in [0.05, 0.1) is 7.11 Å². The van der Waals surface area contributed by atoms with Crippen LogP contribution >= 0.6 is 0 Å². The van der Waals surface area contributed by atoms with Gasteiger partial charge in [0.1, 0.15) is 11.6 Å². The van der Waals surface area contributed by atoms with E-state index in [2.05, 4.69) is 31.2 Å². The zero-order valence-electron chi connectivity index (χ0n) is 14.8. The normalized spacial score (nSPS) is 10.7. The number of halogens is 1. The maximum Gasteiger partial charge on any atom is 0.131 e. The van der Waals surface area contributed by atoms with Crippen molar-refractivity contribution in [1.29, 1.82) is 0 Å². The summed E-state index contributed by atoms with van der Waals surface area (Å²) in [7, 11) is 1.66. The van der Waals surface area contributed by atoms with Gasteiger partial charge in [-0.15, -0.1) is 0 Å². The van der Waals surface area contributed by atoms with Crippen LogP contribution in [0.15, 0.2) is 66.7 Å². The summed E-state index contributed by atoms with van der Waals surface area (Å²) in [4.78, 5) is 0. The Kier molecular flexibility index (Phi) is 5.49. The molecule has 0 spiro atoms. The molecule has 0 atom stereocenters. The quantitative estimate of drug-likeness (QED) is 0.549. The molecule has 1 nitrogen and oxygen atoms in total. The second kappa shape index (κ2) is 7.98. The highest BCUT2D eigenvalue weighted by molar-refractivity contribution is 5.64. The third-order valence-electron chi connectivity index (χ3n) is 4.57. The van der Waals surface area contributed by atoms with E-state index in [1.165, 1.54) is 11.1 Å². The van der Waals surface area contributed by atoms with E-state index in [4.69, 9.17) is 4.74 Å². The maximum atomic E-state index is 14.5. The fraction of sp³-hybridized carbons (Fsp3) is 0.217. The van der Waals surface area contributed by atoms with Gasteiger partial charge in [-0.25, -0.2) is 4.39 Å². The van der Waals surface area contributed by atoms with Gasteiger partial charge in [-0.05, 0) is 59.7 Å². The molecule has 0 aromatic heterocycles. The highest BCUT2D eigenvalue weighted by Gasteiger charge is 2.07. The molecular weight excluding hydrogens is 311 g/mol. The minimum atomic E-state index is -0.156. The fourth-order valence-electron chi connectivity index (χ4n) is 2.95. The zero-order chi connectivity index (χ0) is 17.6. The van der Waals surface area contributed by atoms with Crippen molar-refractivity contribution < 1.29 is 9.13 Å². The first kappa shape index (κ1) is 17.2. The Morgan fingerprint density at radius 2 is 1.36 bits per heavy atom. The van der Waals surface area contributed by atoms with E-state index in [0.29, 0.717) is 5.56 Å². The minimum Gasteiger partial charge on any atom is -0.497 e. The summed E-state index contributed by atoms with van der Waals surface area (Å²) in [6.07, 6.45) is 2.69. The maximum absolute atomic E-state index is 14.5. The van der Waals surface area contributed by atoms with Crippen molar-refractivity contribution >= 4 is 0 Å². The number of hydrogen-bond donors (Lipinski definition) is 0. The van der Waals surface area contributed by atoms with Gasteiger partial charge in [-0.1, -0.05) is 55.5 Å². The van der Waals surface area contributed by atoms with Crippen molar-refractivity contribution in [2.75, 3.05) is 7.11 Å². The Morgan fingerprint density at radius 1 is 0.760 bits per heavy atom. The van der Waals surface area contributed by atoms with Crippen LogP contribution in [0.1, 0.15) is 23.6 Å². The molecule has 0 radical (unpaired) electrons. The molecule has 0 saturated carbocycles.